The van der Waals surface area contributed by atoms with Crippen molar-refractivity contribution in [2.24, 2.45) is 0 Å². The molecule has 0 aliphatic heterocycles. The fourth-order valence-corrected chi connectivity index (χ4v) is 1.87. The fourth-order valence-electron chi connectivity index (χ4n) is 1.68. The number of nitrogens with one attached hydrogen (secondary N) is 3. The Bertz CT molecular complexity index is 701. The maximum Gasteiger partial charge on any atom is 0.286 e. The standard InChI is InChI=1S/C15H14ClN3O4/c16-11-4-1-3-10(9-11)14(21)19-18-13(20)6-7-17-15(22)12-5-2-8-23-12/h1-5,8-9H,6-7H2,(H,17,22)(H,18,20)(H,19,21). The molecule has 120 valence electrons. The van der Waals surface area contributed by atoms with Gasteiger partial charge in [-0.15, -0.1) is 0 Å². The summed E-state index contributed by atoms with van der Waals surface area (Å²) in [5.74, 6) is -1.17. The van der Waals surface area contributed by atoms with Crippen molar-refractivity contribution in [1.82, 2.24) is 16.2 Å². The van der Waals surface area contributed by atoms with Gasteiger partial charge in [0, 0.05) is 23.6 Å². The molecule has 0 radical (unpaired) electrons. The molecular formula is C15H14ClN3O4. The van der Waals surface area contributed by atoms with Crippen LogP contribution in [-0.4, -0.2) is 24.3 Å². The lowest BCUT2D eigenvalue weighted by molar-refractivity contribution is -0.121. The highest BCUT2D eigenvalue weighted by atomic mass is 35.5. The van der Waals surface area contributed by atoms with Crippen molar-refractivity contribution >= 4 is 29.3 Å². The summed E-state index contributed by atoms with van der Waals surface area (Å²) in [4.78, 5) is 34.9. The van der Waals surface area contributed by atoms with Crippen LogP contribution in [0.25, 0.3) is 0 Å². The molecule has 0 aliphatic rings. The Hall–Kier alpha value is -2.80. The van der Waals surface area contributed by atoms with Crippen LogP contribution >= 0.6 is 11.6 Å². The normalized spacial score (nSPS) is 9.96. The molecule has 0 saturated heterocycles. The van der Waals surface area contributed by atoms with Crippen LogP contribution in [0.5, 0.6) is 0 Å². The Morgan fingerprint density at radius 2 is 1.87 bits per heavy atom. The number of rotatable bonds is 5. The SMILES string of the molecule is O=C(CCNC(=O)c1ccco1)NNC(=O)c1cccc(Cl)c1. The minimum atomic E-state index is -0.486. The molecule has 0 aliphatic carbocycles. The number of carbonyl (C=O) groups excluding carboxylic acids is 3. The van der Waals surface area contributed by atoms with Crippen molar-refractivity contribution in [3.8, 4) is 0 Å². The first kappa shape index (κ1) is 16.6. The van der Waals surface area contributed by atoms with E-state index in [0.717, 1.165) is 0 Å². The maximum atomic E-state index is 11.8. The van der Waals surface area contributed by atoms with E-state index in [4.69, 9.17) is 16.0 Å². The van der Waals surface area contributed by atoms with Gasteiger partial charge < -0.3 is 9.73 Å². The number of benzene rings is 1. The number of hydrogen-bond donors (Lipinski definition) is 3. The van der Waals surface area contributed by atoms with Gasteiger partial charge in [-0.05, 0) is 30.3 Å². The third kappa shape index (κ3) is 5.15. The third-order valence-corrected chi connectivity index (χ3v) is 3.02. The summed E-state index contributed by atoms with van der Waals surface area (Å²) < 4.78 is 4.91. The highest BCUT2D eigenvalue weighted by molar-refractivity contribution is 6.30. The average molecular weight is 336 g/mol. The van der Waals surface area contributed by atoms with E-state index in [2.05, 4.69) is 16.2 Å². The second-order valence-corrected chi connectivity index (χ2v) is 4.93. The minimum absolute atomic E-state index is 0.00226. The Morgan fingerprint density at radius 3 is 2.57 bits per heavy atom. The quantitative estimate of drug-likeness (QED) is 0.721. The Balaban J connectivity index is 1.69. The van der Waals surface area contributed by atoms with E-state index < -0.39 is 17.7 Å². The van der Waals surface area contributed by atoms with E-state index in [0.29, 0.717) is 10.6 Å². The number of carbonyl (C=O) groups is 3. The van der Waals surface area contributed by atoms with Crippen LogP contribution in [0, 0.1) is 0 Å². The molecule has 0 spiro atoms. The van der Waals surface area contributed by atoms with Crippen molar-refractivity contribution in [1.29, 1.82) is 0 Å². The third-order valence-electron chi connectivity index (χ3n) is 2.78. The van der Waals surface area contributed by atoms with Crippen LogP contribution in [0.3, 0.4) is 0 Å². The Morgan fingerprint density at radius 1 is 1.04 bits per heavy atom. The molecule has 3 N–H and O–H groups in total. The molecule has 0 fully saturated rings. The van der Waals surface area contributed by atoms with E-state index in [1.807, 2.05) is 0 Å². The molecule has 2 aromatic rings. The molecule has 23 heavy (non-hydrogen) atoms. The van der Waals surface area contributed by atoms with E-state index >= 15 is 0 Å². The molecule has 0 unspecified atom stereocenters. The van der Waals surface area contributed by atoms with E-state index in [1.54, 1.807) is 24.3 Å². The van der Waals surface area contributed by atoms with Gasteiger partial charge in [-0.3, -0.25) is 25.2 Å². The van der Waals surface area contributed by atoms with E-state index in [9.17, 15) is 14.4 Å². The number of amides is 3. The lowest BCUT2D eigenvalue weighted by Crippen LogP contribution is -2.42. The van der Waals surface area contributed by atoms with Crippen molar-refractivity contribution in [3.05, 3.63) is 59.0 Å². The first-order valence-electron chi connectivity index (χ1n) is 6.72. The second kappa shape index (κ2) is 8.00. The summed E-state index contributed by atoms with van der Waals surface area (Å²) >= 11 is 5.78. The van der Waals surface area contributed by atoms with Crippen molar-refractivity contribution in [2.45, 2.75) is 6.42 Å². The first-order chi connectivity index (χ1) is 11.1. The smallest absolute Gasteiger partial charge is 0.286 e. The molecule has 1 aromatic carbocycles. The zero-order valence-electron chi connectivity index (χ0n) is 12.0. The zero-order chi connectivity index (χ0) is 16.7. The highest BCUT2D eigenvalue weighted by Crippen LogP contribution is 2.10. The van der Waals surface area contributed by atoms with Crippen molar-refractivity contribution in [3.63, 3.8) is 0 Å². The summed E-state index contributed by atoms with van der Waals surface area (Å²) in [5.41, 5.74) is 4.84. The zero-order valence-corrected chi connectivity index (χ0v) is 12.7. The second-order valence-electron chi connectivity index (χ2n) is 4.50. The van der Waals surface area contributed by atoms with Gasteiger partial charge in [-0.2, -0.15) is 0 Å². The topological polar surface area (TPSA) is 100 Å². The summed E-state index contributed by atoms with van der Waals surface area (Å²) in [6, 6.07) is 9.42. The van der Waals surface area contributed by atoms with Gasteiger partial charge in [0.1, 0.15) is 0 Å². The number of halogens is 1. The lowest BCUT2D eigenvalue weighted by Gasteiger charge is -2.08. The van der Waals surface area contributed by atoms with Crippen LogP contribution in [0.15, 0.2) is 47.1 Å². The Labute approximate surface area is 137 Å². The molecule has 0 saturated carbocycles. The largest absolute Gasteiger partial charge is 0.459 e. The van der Waals surface area contributed by atoms with Gasteiger partial charge in [-0.1, -0.05) is 17.7 Å². The van der Waals surface area contributed by atoms with E-state index in [-0.39, 0.29) is 18.7 Å². The van der Waals surface area contributed by atoms with E-state index in [1.165, 1.54) is 18.4 Å². The average Bonchev–Trinajstić information content (AvgIpc) is 3.07. The van der Waals surface area contributed by atoms with Crippen LogP contribution in [0.1, 0.15) is 27.3 Å². The maximum absolute atomic E-state index is 11.8. The van der Waals surface area contributed by atoms with Gasteiger partial charge in [0.25, 0.3) is 11.8 Å². The molecule has 0 bridgehead atoms. The van der Waals surface area contributed by atoms with Gasteiger partial charge in [0.2, 0.25) is 5.91 Å². The van der Waals surface area contributed by atoms with Crippen LogP contribution < -0.4 is 16.2 Å². The molecule has 0 atom stereocenters. The summed E-state index contributed by atoms with van der Waals surface area (Å²) in [5, 5.41) is 2.94. The molecule has 7 nitrogen and oxygen atoms in total. The molecule has 1 aromatic heterocycles. The predicted octanol–water partition coefficient (Wildman–Crippen LogP) is 1.51. The van der Waals surface area contributed by atoms with Gasteiger partial charge in [-0.25, -0.2) is 0 Å². The summed E-state index contributed by atoms with van der Waals surface area (Å²) in [7, 11) is 0. The summed E-state index contributed by atoms with van der Waals surface area (Å²) in [6.07, 6.45) is 1.38. The predicted molar refractivity (Wildman–Crippen MR) is 82.7 cm³/mol. The summed E-state index contributed by atoms with van der Waals surface area (Å²) in [6.45, 7) is 0.110. The molecule has 1 heterocycles. The monoisotopic (exact) mass is 335 g/mol. The van der Waals surface area contributed by atoms with Crippen LogP contribution in [0.2, 0.25) is 5.02 Å². The highest BCUT2D eigenvalue weighted by Gasteiger charge is 2.10. The van der Waals surface area contributed by atoms with Gasteiger partial charge in [0.05, 0.1) is 6.26 Å². The Kier molecular flexibility index (Phi) is 5.76. The van der Waals surface area contributed by atoms with Crippen LogP contribution in [0.4, 0.5) is 0 Å². The molecule has 3 amide bonds. The number of hydrazine groups is 1. The van der Waals surface area contributed by atoms with Gasteiger partial charge in [0.15, 0.2) is 5.76 Å². The fraction of sp³-hybridized carbons (Fsp3) is 0.133. The van der Waals surface area contributed by atoms with Crippen molar-refractivity contribution < 1.29 is 18.8 Å². The van der Waals surface area contributed by atoms with Crippen LogP contribution in [-0.2, 0) is 4.79 Å². The number of hydrogen-bond acceptors (Lipinski definition) is 4. The molecule has 8 heteroatoms. The molecule has 2 rings (SSSR count). The minimum Gasteiger partial charge on any atom is -0.459 e. The molecular weight excluding hydrogens is 322 g/mol. The first-order valence-corrected chi connectivity index (χ1v) is 7.10. The number of furan rings is 1. The van der Waals surface area contributed by atoms with Gasteiger partial charge >= 0.3 is 0 Å². The van der Waals surface area contributed by atoms with Crippen molar-refractivity contribution in [2.75, 3.05) is 6.54 Å². The lowest BCUT2D eigenvalue weighted by atomic mass is 10.2.